The third-order valence-corrected chi connectivity index (χ3v) is 7.98. The summed E-state index contributed by atoms with van der Waals surface area (Å²) < 4.78 is 0. The molecule has 2 amide bonds. The fourth-order valence-electron chi connectivity index (χ4n) is 5.45. The number of carbonyl (C=O) groups excluding carboxylic acids is 2. The van der Waals surface area contributed by atoms with E-state index >= 15 is 0 Å². The number of hydrogen-bond donors (Lipinski definition) is 0. The molecule has 0 spiro atoms. The summed E-state index contributed by atoms with van der Waals surface area (Å²) in [4.78, 5) is 31.8. The van der Waals surface area contributed by atoms with Gasteiger partial charge >= 0.3 is 0 Å². The molecule has 1 aromatic carbocycles. The monoisotopic (exact) mass is 434 g/mol. The molecule has 0 unspecified atom stereocenters. The zero-order chi connectivity index (χ0) is 21.2. The Balaban J connectivity index is 1.36. The Bertz CT molecular complexity index is 953. The van der Waals surface area contributed by atoms with Gasteiger partial charge in [0, 0.05) is 24.0 Å². The number of likely N-dealkylation sites (tertiary alicyclic amines) is 1. The number of carbonyl (C=O) groups is 2. The van der Waals surface area contributed by atoms with E-state index in [1.165, 1.54) is 12.0 Å². The number of benzene rings is 1. The second-order valence-corrected chi connectivity index (χ2v) is 10.0. The van der Waals surface area contributed by atoms with Gasteiger partial charge in [-0.15, -0.1) is 11.3 Å². The highest BCUT2D eigenvalue weighted by Gasteiger charge is 2.45. The van der Waals surface area contributed by atoms with E-state index in [0.717, 1.165) is 62.9 Å². The molecule has 1 saturated heterocycles. The van der Waals surface area contributed by atoms with Crippen molar-refractivity contribution in [3.05, 3.63) is 64.0 Å². The molecular formula is C26H30N2O2S. The van der Waals surface area contributed by atoms with Crippen molar-refractivity contribution in [1.29, 1.82) is 0 Å². The molecule has 162 valence electrons. The lowest BCUT2D eigenvalue weighted by Crippen LogP contribution is -2.44. The van der Waals surface area contributed by atoms with E-state index in [-0.39, 0.29) is 17.9 Å². The van der Waals surface area contributed by atoms with E-state index in [1.54, 1.807) is 16.2 Å². The van der Waals surface area contributed by atoms with Crippen LogP contribution in [0.3, 0.4) is 0 Å². The molecule has 1 saturated carbocycles. The molecule has 0 N–H and O–H groups in total. The van der Waals surface area contributed by atoms with Crippen molar-refractivity contribution in [1.82, 2.24) is 9.80 Å². The maximum absolute atomic E-state index is 13.6. The van der Waals surface area contributed by atoms with Crippen LogP contribution in [0.2, 0.25) is 0 Å². The van der Waals surface area contributed by atoms with Gasteiger partial charge in [0.2, 0.25) is 0 Å². The minimum Gasteiger partial charge on any atom is -0.366 e. The average molecular weight is 435 g/mol. The highest BCUT2D eigenvalue weighted by molar-refractivity contribution is 7.11. The van der Waals surface area contributed by atoms with E-state index in [4.69, 9.17) is 0 Å². The van der Waals surface area contributed by atoms with E-state index < -0.39 is 0 Å². The standard InChI is InChI=1S/C26H30N2O2S/c29-25-23(22-12-7-17-31-22)24(26(30)28(25)21-10-5-2-6-11-21)27-15-13-20(14-16-27)18-19-8-3-1-4-9-19/h1,3-4,7-9,12,17,20-21H,2,5-6,10-11,13-16,18H2. The van der Waals surface area contributed by atoms with Crippen LogP contribution in [0, 0.1) is 5.92 Å². The lowest BCUT2D eigenvalue weighted by Gasteiger charge is -2.35. The van der Waals surface area contributed by atoms with Crippen LogP contribution in [-0.4, -0.2) is 40.7 Å². The zero-order valence-electron chi connectivity index (χ0n) is 18.0. The largest absolute Gasteiger partial charge is 0.366 e. The zero-order valence-corrected chi connectivity index (χ0v) is 18.8. The number of piperidine rings is 1. The third kappa shape index (κ3) is 4.08. The average Bonchev–Trinajstić information content (AvgIpc) is 3.42. The molecular weight excluding hydrogens is 404 g/mol. The van der Waals surface area contributed by atoms with Crippen molar-refractivity contribution in [3.63, 3.8) is 0 Å². The van der Waals surface area contributed by atoms with Crippen LogP contribution in [0.15, 0.2) is 53.5 Å². The molecule has 2 aromatic rings. The van der Waals surface area contributed by atoms with Gasteiger partial charge < -0.3 is 4.90 Å². The number of hydrogen-bond acceptors (Lipinski definition) is 4. The minimum atomic E-state index is -0.0687. The Kier molecular flexibility index (Phi) is 5.95. The van der Waals surface area contributed by atoms with Crippen LogP contribution in [0.25, 0.3) is 5.57 Å². The molecule has 3 aliphatic rings. The molecule has 5 rings (SSSR count). The Labute approximate surface area is 188 Å². The van der Waals surface area contributed by atoms with Crippen LogP contribution in [-0.2, 0) is 16.0 Å². The van der Waals surface area contributed by atoms with Gasteiger partial charge in [-0.05, 0) is 55.0 Å². The molecule has 5 heteroatoms. The van der Waals surface area contributed by atoms with Crippen LogP contribution in [0.4, 0.5) is 0 Å². The number of thiophene rings is 1. The molecule has 1 aliphatic carbocycles. The maximum atomic E-state index is 13.6. The summed E-state index contributed by atoms with van der Waals surface area (Å²) in [7, 11) is 0. The first-order chi connectivity index (χ1) is 15.2. The van der Waals surface area contributed by atoms with Crippen molar-refractivity contribution in [2.75, 3.05) is 13.1 Å². The van der Waals surface area contributed by atoms with Gasteiger partial charge in [-0.1, -0.05) is 55.7 Å². The third-order valence-electron chi connectivity index (χ3n) is 7.10. The summed E-state index contributed by atoms with van der Waals surface area (Å²) in [5.41, 5.74) is 2.69. The van der Waals surface area contributed by atoms with Crippen LogP contribution < -0.4 is 0 Å². The minimum absolute atomic E-state index is 0.0539. The summed E-state index contributed by atoms with van der Waals surface area (Å²) >= 11 is 1.56. The second kappa shape index (κ2) is 8.99. The van der Waals surface area contributed by atoms with Crippen LogP contribution in [0.5, 0.6) is 0 Å². The van der Waals surface area contributed by atoms with Crippen LogP contribution >= 0.6 is 11.3 Å². The number of amides is 2. The molecule has 0 atom stereocenters. The normalized spacial score (nSPS) is 21.4. The van der Waals surface area contributed by atoms with Gasteiger partial charge in [0.15, 0.2) is 0 Å². The first-order valence-corrected chi connectivity index (χ1v) is 12.6. The fourth-order valence-corrected chi connectivity index (χ4v) is 6.21. The van der Waals surface area contributed by atoms with Crippen molar-refractivity contribution in [2.45, 2.75) is 57.4 Å². The Morgan fingerprint density at radius 1 is 0.839 bits per heavy atom. The van der Waals surface area contributed by atoms with Crippen LogP contribution in [0.1, 0.15) is 55.4 Å². The SMILES string of the molecule is O=C1C(c2cccs2)=C(N2CCC(Cc3ccccc3)CC2)C(=O)N1C1CCCCC1. The predicted molar refractivity (Wildman–Crippen MR) is 124 cm³/mol. The number of rotatable bonds is 5. The Morgan fingerprint density at radius 2 is 1.58 bits per heavy atom. The molecule has 1 aromatic heterocycles. The summed E-state index contributed by atoms with van der Waals surface area (Å²) in [5.74, 6) is 0.508. The molecule has 31 heavy (non-hydrogen) atoms. The van der Waals surface area contributed by atoms with Gasteiger partial charge in [-0.2, -0.15) is 0 Å². The van der Waals surface area contributed by atoms with Crippen molar-refractivity contribution in [3.8, 4) is 0 Å². The smallest absolute Gasteiger partial charge is 0.278 e. The molecule has 0 bridgehead atoms. The molecule has 0 radical (unpaired) electrons. The molecule has 2 aliphatic heterocycles. The Morgan fingerprint density at radius 3 is 2.26 bits per heavy atom. The predicted octanol–water partition coefficient (Wildman–Crippen LogP) is 5.12. The van der Waals surface area contributed by atoms with Gasteiger partial charge in [0.05, 0.1) is 5.57 Å². The summed E-state index contributed by atoms with van der Waals surface area (Å²) in [6.07, 6.45) is 8.52. The second-order valence-electron chi connectivity index (χ2n) is 9.09. The Hall–Kier alpha value is -2.40. The van der Waals surface area contributed by atoms with E-state index in [9.17, 15) is 9.59 Å². The number of nitrogens with zero attached hydrogens (tertiary/aromatic N) is 2. The summed E-state index contributed by atoms with van der Waals surface area (Å²) in [6.45, 7) is 1.69. The van der Waals surface area contributed by atoms with Gasteiger partial charge in [-0.25, -0.2) is 0 Å². The quantitative estimate of drug-likeness (QED) is 0.614. The van der Waals surface area contributed by atoms with Gasteiger partial charge in [0.1, 0.15) is 5.70 Å². The molecule has 2 fully saturated rings. The van der Waals surface area contributed by atoms with Crippen molar-refractivity contribution >= 4 is 28.7 Å². The van der Waals surface area contributed by atoms with E-state index in [0.29, 0.717) is 17.2 Å². The lowest BCUT2D eigenvalue weighted by atomic mass is 9.90. The highest BCUT2D eigenvalue weighted by atomic mass is 32.1. The number of imide groups is 1. The van der Waals surface area contributed by atoms with Crippen molar-refractivity contribution in [2.24, 2.45) is 5.92 Å². The van der Waals surface area contributed by atoms with E-state index in [1.807, 2.05) is 17.5 Å². The molecule has 4 nitrogen and oxygen atoms in total. The van der Waals surface area contributed by atoms with Gasteiger partial charge in [-0.3, -0.25) is 14.5 Å². The summed E-state index contributed by atoms with van der Waals surface area (Å²) in [5, 5.41) is 1.99. The van der Waals surface area contributed by atoms with E-state index in [2.05, 4.69) is 35.2 Å². The summed E-state index contributed by atoms with van der Waals surface area (Å²) in [6, 6.07) is 14.7. The molecule has 3 heterocycles. The van der Waals surface area contributed by atoms with Crippen molar-refractivity contribution < 1.29 is 9.59 Å². The first kappa shape index (κ1) is 20.5. The van der Waals surface area contributed by atoms with Gasteiger partial charge in [0.25, 0.3) is 11.8 Å². The topological polar surface area (TPSA) is 40.6 Å². The maximum Gasteiger partial charge on any atom is 0.278 e. The lowest BCUT2D eigenvalue weighted by molar-refractivity contribution is -0.141. The first-order valence-electron chi connectivity index (χ1n) is 11.7. The fraction of sp³-hybridized carbons (Fsp3) is 0.462. The highest BCUT2D eigenvalue weighted by Crippen LogP contribution is 2.39.